The van der Waals surface area contributed by atoms with E-state index in [2.05, 4.69) is 16.6 Å². The van der Waals surface area contributed by atoms with Crippen LogP contribution in [0.4, 0.5) is 10.5 Å². The van der Waals surface area contributed by atoms with E-state index in [9.17, 15) is 9.59 Å². The van der Waals surface area contributed by atoms with Crippen molar-refractivity contribution in [3.8, 4) is 12.3 Å². The van der Waals surface area contributed by atoms with Gasteiger partial charge in [-0.15, -0.1) is 12.3 Å². The third-order valence-corrected chi connectivity index (χ3v) is 2.84. The molecule has 1 aromatic carbocycles. The Morgan fingerprint density at radius 3 is 2.30 bits per heavy atom. The molecule has 1 atom stereocenters. The number of carbonyl (C=O) groups excluding carboxylic acids is 1. The lowest BCUT2D eigenvalue weighted by Crippen LogP contribution is -2.42. The predicted octanol–water partition coefficient (Wildman–Crippen LogP) is 2.21. The van der Waals surface area contributed by atoms with Gasteiger partial charge in [-0.2, -0.15) is 0 Å². The van der Waals surface area contributed by atoms with Crippen LogP contribution in [0.5, 0.6) is 0 Å². The van der Waals surface area contributed by atoms with Gasteiger partial charge in [-0.1, -0.05) is 17.7 Å². The van der Waals surface area contributed by atoms with Crippen LogP contribution >= 0.6 is 0 Å². The molecule has 3 N–H and O–H groups in total. The zero-order chi connectivity index (χ0) is 15.3. The number of nitrogens with one attached hydrogen (secondary N) is 2. The van der Waals surface area contributed by atoms with Crippen molar-refractivity contribution >= 4 is 17.7 Å². The molecule has 0 aliphatic heterocycles. The van der Waals surface area contributed by atoms with Crippen molar-refractivity contribution in [2.75, 3.05) is 5.32 Å². The second-order valence-electron chi connectivity index (χ2n) is 4.67. The molecule has 0 radical (unpaired) electrons. The molecule has 0 spiro atoms. The average Bonchev–Trinajstić information content (AvgIpc) is 2.33. The lowest BCUT2D eigenvalue weighted by molar-refractivity contribution is -0.139. The van der Waals surface area contributed by atoms with E-state index >= 15 is 0 Å². The van der Waals surface area contributed by atoms with Gasteiger partial charge >= 0.3 is 12.0 Å². The number of aryl methyl sites for hydroxylation is 3. The first-order chi connectivity index (χ1) is 9.35. The standard InChI is InChI=1S/C15H18N2O3/c1-5-6-12(14(18)19)16-15(20)17-13-10(3)7-9(2)8-11(13)4/h1,7-8,12H,6H2,2-4H3,(H,18,19)(H2,16,17,20). The summed E-state index contributed by atoms with van der Waals surface area (Å²) >= 11 is 0. The second kappa shape index (κ2) is 6.62. The fourth-order valence-corrected chi connectivity index (χ4v) is 2.00. The van der Waals surface area contributed by atoms with Crippen molar-refractivity contribution in [2.45, 2.75) is 33.2 Å². The molecule has 0 aliphatic rings. The smallest absolute Gasteiger partial charge is 0.327 e. The van der Waals surface area contributed by atoms with Gasteiger partial charge in [0.25, 0.3) is 0 Å². The predicted molar refractivity (Wildman–Crippen MR) is 77.7 cm³/mol. The highest BCUT2D eigenvalue weighted by atomic mass is 16.4. The number of anilines is 1. The largest absolute Gasteiger partial charge is 0.480 e. The normalized spacial score (nSPS) is 11.3. The number of terminal acetylenes is 1. The summed E-state index contributed by atoms with van der Waals surface area (Å²) in [7, 11) is 0. The lowest BCUT2D eigenvalue weighted by Gasteiger charge is -2.16. The molecule has 1 unspecified atom stereocenters. The third kappa shape index (κ3) is 4.02. The molecule has 5 nitrogen and oxygen atoms in total. The summed E-state index contributed by atoms with van der Waals surface area (Å²) < 4.78 is 0. The van der Waals surface area contributed by atoms with Crippen LogP contribution in [0.3, 0.4) is 0 Å². The Hall–Kier alpha value is -2.48. The quantitative estimate of drug-likeness (QED) is 0.736. The zero-order valence-corrected chi connectivity index (χ0v) is 11.8. The van der Waals surface area contributed by atoms with E-state index in [0.717, 1.165) is 16.7 Å². The van der Waals surface area contributed by atoms with Gasteiger partial charge in [0.2, 0.25) is 0 Å². The Kier molecular flexibility index (Phi) is 5.15. The van der Waals surface area contributed by atoms with Crippen LogP contribution in [0.25, 0.3) is 0 Å². The van der Waals surface area contributed by atoms with Crippen molar-refractivity contribution in [3.63, 3.8) is 0 Å². The highest BCUT2D eigenvalue weighted by Gasteiger charge is 2.19. The van der Waals surface area contributed by atoms with E-state index in [4.69, 9.17) is 11.5 Å². The molecule has 20 heavy (non-hydrogen) atoms. The van der Waals surface area contributed by atoms with Crippen molar-refractivity contribution in [1.29, 1.82) is 0 Å². The van der Waals surface area contributed by atoms with Crippen molar-refractivity contribution in [1.82, 2.24) is 5.32 Å². The van der Waals surface area contributed by atoms with Crippen LogP contribution in [0.2, 0.25) is 0 Å². The SMILES string of the molecule is C#CCC(NC(=O)Nc1c(C)cc(C)cc1C)C(=O)O. The number of carbonyl (C=O) groups is 2. The number of urea groups is 1. The van der Waals surface area contributed by atoms with E-state index in [1.807, 2.05) is 32.9 Å². The fourth-order valence-electron chi connectivity index (χ4n) is 2.00. The van der Waals surface area contributed by atoms with Crippen LogP contribution in [0.1, 0.15) is 23.1 Å². The van der Waals surface area contributed by atoms with Crippen molar-refractivity contribution in [3.05, 3.63) is 28.8 Å². The molecule has 0 aromatic heterocycles. The van der Waals surface area contributed by atoms with Crippen LogP contribution in [0, 0.1) is 33.1 Å². The maximum atomic E-state index is 11.8. The minimum absolute atomic E-state index is 0.0609. The van der Waals surface area contributed by atoms with Crippen molar-refractivity contribution < 1.29 is 14.7 Å². The number of rotatable bonds is 4. The molecular formula is C15H18N2O3. The molecule has 0 bridgehead atoms. The molecular weight excluding hydrogens is 256 g/mol. The van der Waals surface area contributed by atoms with E-state index in [0.29, 0.717) is 5.69 Å². The first kappa shape index (κ1) is 15.6. The molecule has 0 fully saturated rings. The first-order valence-corrected chi connectivity index (χ1v) is 6.16. The molecule has 0 heterocycles. The minimum Gasteiger partial charge on any atom is -0.480 e. The summed E-state index contributed by atoms with van der Waals surface area (Å²) in [6.07, 6.45) is 5.01. The van der Waals surface area contributed by atoms with Gasteiger partial charge in [-0.3, -0.25) is 0 Å². The summed E-state index contributed by atoms with van der Waals surface area (Å²) in [6, 6.07) is 2.21. The number of carboxylic acid groups (broad SMARTS) is 1. The monoisotopic (exact) mass is 274 g/mol. The number of hydrogen-bond donors (Lipinski definition) is 3. The van der Waals surface area contributed by atoms with Crippen LogP contribution in [-0.2, 0) is 4.79 Å². The summed E-state index contributed by atoms with van der Waals surface area (Å²) in [4.78, 5) is 22.8. The van der Waals surface area contributed by atoms with Crippen LogP contribution in [-0.4, -0.2) is 23.1 Å². The van der Waals surface area contributed by atoms with E-state index in [1.54, 1.807) is 0 Å². The molecule has 0 saturated carbocycles. The maximum Gasteiger partial charge on any atom is 0.327 e. The second-order valence-corrected chi connectivity index (χ2v) is 4.67. The Labute approximate surface area is 118 Å². The Morgan fingerprint density at radius 2 is 1.85 bits per heavy atom. The molecule has 0 saturated heterocycles. The van der Waals surface area contributed by atoms with Gasteiger partial charge in [0.05, 0.1) is 0 Å². The van der Waals surface area contributed by atoms with E-state index < -0.39 is 18.0 Å². The van der Waals surface area contributed by atoms with Gasteiger partial charge < -0.3 is 15.7 Å². The average molecular weight is 274 g/mol. The topological polar surface area (TPSA) is 78.4 Å². The molecule has 2 amide bonds. The van der Waals surface area contributed by atoms with Crippen LogP contribution in [0.15, 0.2) is 12.1 Å². The summed E-state index contributed by atoms with van der Waals surface area (Å²) in [5, 5.41) is 13.9. The molecule has 106 valence electrons. The highest BCUT2D eigenvalue weighted by Crippen LogP contribution is 2.21. The molecule has 5 heteroatoms. The fraction of sp³-hybridized carbons (Fsp3) is 0.333. The number of aliphatic carboxylic acids is 1. The minimum atomic E-state index is -1.16. The highest BCUT2D eigenvalue weighted by molar-refractivity contribution is 5.93. The Bertz CT molecular complexity index is 550. The van der Waals surface area contributed by atoms with Gasteiger partial charge in [0.1, 0.15) is 6.04 Å². The van der Waals surface area contributed by atoms with Crippen LogP contribution < -0.4 is 10.6 Å². The number of hydrogen-bond acceptors (Lipinski definition) is 2. The van der Waals surface area contributed by atoms with Gasteiger partial charge in [-0.05, 0) is 31.9 Å². The molecule has 1 rings (SSSR count). The number of benzene rings is 1. The van der Waals surface area contributed by atoms with Gasteiger partial charge in [0, 0.05) is 12.1 Å². The third-order valence-electron chi connectivity index (χ3n) is 2.84. The molecule has 0 aliphatic carbocycles. The Morgan fingerprint density at radius 1 is 1.30 bits per heavy atom. The summed E-state index contributed by atoms with van der Waals surface area (Å²) in [6.45, 7) is 5.73. The van der Waals surface area contributed by atoms with Gasteiger partial charge in [-0.25, -0.2) is 9.59 Å². The first-order valence-electron chi connectivity index (χ1n) is 6.16. The zero-order valence-electron chi connectivity index (χ0n) is 11.8. The van der Waals surface area contributed by atoms with E-state index in [-0.39, 0.29) is 6.42 Å². The Balaban J connectivity index is 2.81. The lowest BCUT2D eigenvalue weighted by atomic mass is 10.1. The number of carboxylic acids is 1. The molecule has 1 aromatic rings. The van der Waals surface area contributed by atoms with Gasteiger partial charge in [0.15, 0.2) is 0 Å². The summed E-state index contributed by atoms with van der Waals surface area (Å²) in [5.74, 6) is 1.07. The van der Waals surface area contributed by atoms with Crippen molar-refractivity contribution in [2.24, 2.45) is 0 Å². The van der Waals surface area contributed by atoms with E-state index in [1.165, 1.54) is 0 Å². The summed E-state index contributed by atoms with van der Waals surface area (Å²) in [5.41, 5.74) is 3.61. The maximum absolute atomic E-state index is 11.8. The number of amides is 2.